The fourth-order valence-electron chi connectivity index (χ4n) is 2.79. The van der Waals surface area contributed by atoms with Crippen LogP contribution in [0.15, 0.2) is 0 Å². The zero-order valence-electron chi connectivity index (χ0n) is 13.2. The number of rotatable bonds is 9. The minimum atomic E-state index is -0.808. The molecule has 2 amide bonds. The number of hydrogen-bond donors (Lipinski definition) is 3. The van der Waals surface area contributed by atoms with Gasteiger partial charge in [-0.05, 0) is 44.2 Å². The fraction of sp³-hybridized carbons (Fsp3) is 0.867. The lowest BCUT2D eigenvalue weighted by atomic mass is 9.94. The molecule has 0 radical (unpaired) electrons. The van der Waals surface area contributed by atoms with Crippen LogP contribution >= 0.6 is 0 Å². The largest absolute Gasteiger partial charge is 0.481 e. The number of likely N-dealkylation sites (tertiary alicyclic amines) is 1. The van der Waals surface area contributed by atoms with E-state index in [1.165, 1.54) is 12.8 Å². The molecular weight excluding hydrogens is 270 g/mol. The Morgan fingerprint density at radius 1 is 1.19 bits per heavy atom. The summed E-state index contributed by atoms with van der Waals surface area (Å²) < 4.78 is 0. The van der Waals surface area contributed by atoms with Gasteiger partial charge in [-0.15, -0.1) is 0 Å². The second kappa shape index (κ2) is 9.60. The Morgan fingerprint density at radius 2 is 1.86 bits per heavy atom. The van der Waals surface area contributed by atoms with Gasteiger partial charge in [-0.1, -0.05) is 13.8 Å². The molecule has 6 heteroatoms. The van der Waals surface area contributed by atoms with Crippen LogP contribution in [0.2, 0.25) is 0 Å². The summed E-state index contributed by atoms with van der Waals surface area (Å²) in [5.41, 5.74) is 0. The molecule has 1 rings (SSSR count). The van der Waals surface area contributed by atoms with Crippen LogP contribution < -0.4 is 10.6 Å². The first-order chi connectivity index (χ1) is 9.97. The van der Waals surface area contributed by atoms with Crippen LogP contribution in [0.25, 0.3) is 0 Å². The van der Waals surface area contributed by atoms with Crippen LogP contribution in [-0.2, 0) is 4.79 Å². The zero-order chi connectivity index (χ0) is 15.7. The SMILES string of the molecule is CC(C)C[C@H](CNC(=O)NCCN1CCCC1)CC(=O)O. The van der Waals surface area contributed by atoms with Crippen LogP contribution in [0.3, 0.4) is 0 Å². The lowest BCUT2D eigenvalue weighted by Crippen LogP contribution is -2.41. The first kappa shape index (κ1) is 17.8. The molecule has 3 N–H and O–H groups in total. The molecule has 1 fully saturated rings. The lowest BCUT2D eigenvalue weighted by molar-refractivity contribution is -0.138. The van der Waals surface area contributed by atoms with E-state index in [4.69, 9.17) is 5.11 Å². The number of carboxylic acid groups (broad SMARTS) is 1. The molecular formula is C15H29N3O3. The Kier molecular flexibility index (Phi) is 8.12. The summed E-state index contributed by atoms with van der Waals surface area (Å²) in [4.78, 5) is 24.9. The Balaban J connectivity index is 2.17. The lowest BCUT2D eigenvalue weighted by Gasteiger charge is -2.19. The molecule has 0 unspecified atom stereocenters. The highest BCUT2D eigenvalue weighted by Gasteiger charge is 2.16. The molecule has 0 saturated carbocycles. The number of nitrogens with zero attached hydrogens (tertiary/aromatic N) is 1. The van der Waals surface area contributed by atoms with Crippen molar-refractivity contribution in [1.29, 1.82) is 0 Å². The molecule has 0 aromatic heterocycles. The summed E-state index contributed by atoms with van der Waals surface area (Å²) in [6.07, 6.45) is 3.41. The van der Waals surface area contributed by atoms with Gasteiger partial charge in [-0.3, -0.25) is 4.79 Å². The van der Waals surface area contributed by atoms with Gasteiger partial charge in [-0.2, -0.15) is 0 Å². The van der Waals surface area contributed by atoms with Gasteiger partial charge >= 0.3 is 12.0 Å². The maximum Gasteiger partial charge on any atom is 0.314 e. The quantitative estimate of drug-likeness (QED) is 0.603. The molecule has 21 heavy (non-hydrogen) atoms. The van der Waals surface area contributed by atoms with Crippen molar-refractivity contribution in [2.24, 2.45) is 11.8 Å². The highest BCUT2D eigenvalue weighted by molar-refractivity contribution is 5.74. The number of carbonyl (C=O) groups excluding carboxylic acids is 1. The van der Waals surface area contributed by atoms with Crippen molar-refractivity contribution in [2.75, 3.05) is 32.7 Å². The average molecular weight is 299 g/mol. The van der Waals surface area contributed by atoms with Crippen molar-refractivity contribution in [3.63, 3.8) is 0 Å². The molecule has 0 aromatic carbocycles. The molecule has 6 nitrogen and oxygen atoms in total. The van der Waals surface area contributed by atoms with Gasteiger partial charge in [0.1, 0.15) is 0 Å². The topological polar surface area (TPSA) is 81.7 Å². The standard InChI is InChI=1S/C15H29N3O3/c1-12(2)9-13(10-14(19)20)11-17-15(21)16-5-8-18-6-3-4-7-18/h12-13H,3-11H2,1-2H3,(H,19,20)(H2,16,17,21)/t13-/m0/s1. The Hall–Kier alpha value is -1.30. The van der Waals surface area contributed by atoms with Gasteiger partial charge in [0.25, 0.3) is 0 Å². The van der Waals surface area contributed by atoms with Crippen molar-refractivity contribution in [3.05, 3.63) is 0 Å². The number of carboxylic acids is 1. The molecule has 0 aliphatic carbocycles. The van der Waals surface area contributed by atoms with E-state index in [1.54, 1.807) is 0 Å². The van der Waals surface area contributed by atoms with Crippen LogP contribution in [0.1, 0.15) is 39.5 Å². The van der Waals surface area contributed by atoms with Gasteiger partial charge < -0.3 is 20.6 Å². The summed E-state index contributed by atoms with van der Waals surface area (Å²) in [6.45, 7) is 8.31. The molecule has 1 aliphatic heterocycles. The molecule has 1 atom stereocenters. The number of hydrogen-bond acceptors (Lipinski definition) is 3. The van der Waals surface area contributed by atoms with E-state index in [-0.39, 0.29) is 18.4 Å². The number of amides is 2. The highest BCUT2D eigenvalue weighted by atomic mass is 16.4. The normalized spacial score (nSPS) is 16.9. The maximum atomic E-state index is 11.7. The molecule has 1 aliphatic rings. The summed E-state index contributed by atoms with van der Waals surface area (Å²) in [7, 11) is 0. The minimum Gasteiger partial charge on any atom is -0.481 e. The molecule has 0 bridgehead atoms. The summed E-state index contributed by atoms with van der Waals surface area (Å²) in [6, 6.07) is -0.201. The van der Waals surface area contributed by atoms with Crippen molar-refractivity contribution >= 4 is 12.0 Å². The molecule has 1 saturated heterocycles. The van der Waals surface area contributed by atoms with E-state index in [1.807, 2.05) is 0 Å². The first-order valence-corrected chi connectivity index (χ1v) is 7.93. The molecule has 1 heterocycles. The maximum absolute atomic E-state index is 11.7. The summed E-state index contributed by atoms with van der Waals surface area (Å²) in [5.74, 6) is -0.391. The third-order valence-corrected chi connectivity index (χ3v) is 3.73. The highest BCUT2D eigenvalue weighted by Crippen LogP contribution is 2.14. The average Bonchev–Trinajstić information content (AvgIpc) is 2.88. The number of aliphatic carboxylic acids is 1. The minimum absolute atomic E-state index is 0.00756. The van der Waals surface area contributed by atoms with Crippen molar-refractivity contribution < 1.29 is 14.7 Å². The van der Waals surface area contributed by atoms with Crippen molar-refractivity contribution in [1.82, 2.24) is 15.5 Å². The first-order valence-electron chi connectivity index (χ1n) is 7.93. The Labute approximate surface area is 127 Å². The monoisotopic (exact) mass is 299 g/mol. The second-order valence-corrected chi connectivity index (χ2v) is 6.28. The predicted octanol–water partition coefficient (Wildman–Crippen LogP) is 1.52. The predicted molar refractivity (Wildman–Crippen MR) is 82.3 cm³/mol. The van der Waals surface area contributed by atoms with E-state index in [0.29, 0.717) is 19.0 Å². The smallest absolute Gasteiger partial charge is 0.314 e. The zero-order valence-corrected chi connectivity index (χ0v) is 13.2. The Bertz CT molecular complexity index is 328. The van der Waals surface area contributed by atoms with Gasteiger partial charge in [0.2, 0.25) is 0 Å². The van der Waals surface area contributed by atoms with Crippen molar-refractivity contribution in [2.45, 2.75) is 39.5 Å². The van der Waals surface area contributed by atoms with E-state index in [2.05, 4.69) is 29.4 Å². The van der Waals surface area contributed by atoms with Gasteiger partial charge in [0.15, 0.2) is 0 Å². The molecule has 122 valence electrons. The van der Waals surface area contributed by atoms with Crippen molar-refractivity contribution in [3.8, 4) is 0 Å². The molecule has 0 aromatic rings. The van der Waals surface area contributed by atoms with Gasteiger partial charge in [-0.25, -0.2) is 4.79 Å². The number of urea groups is 1. The Morgan fingerprint density at radius 3 is 2.43 bits per heavy atom. The third-order valence-electron chi connectivity index (χ3n) is 3.73. The van der Waals surface area contributed by atoms with Gasteiger partial charge in [0, 0.05) is 26.1 Å². The van der Waals surface area contributed by atoms with Crippen LogP contribution in [0, 0.1) is 11.8 Å². The van der Waals surface area contributed by atoms with E-state index >= 15 is 0 Å². The van der Waals surface area contributed by atoms with E-state index < -0.39 is 5.97 Å². The van der Waals surface area contributed by atoms with E-state index in [0.717, 1.165) is 26.1 Å². The van der Waals surface area contributed by atoms with E-state index in [9.17, 15) is 9.59 Å². The number of nitrogens with one attached hydrogen (secondary N) is 2. The summed E-state index contributed by atoms with van der Waals surface area (Å²) in [5, 5.41) is 14.5. The number of carbonyl (C=O) groups is 2. The van der Waals surface area contributed by atoms with Crippen LogP contribution in [0.4, 0.5) is 4.79 Å². The summed E-state index contributed by atoms with van der Waals surface area (Å²) >= 11 is 0. The third kappa shape index (κ3) is 8.55. The second-order valence-electron chi connectivity index (χ2n) is 6.28. The van der Waals surface area contributed by atoms with Gasteiger partial charge in [0.05, 0.1) is 0 Å². The fourth-order valence-corrected chi connectivity index (χ4v) is 2.79. The van der Waals surface area contributed by atoms with Crippen LogP contribution in [-0.4, -0.2) is 54.7 Å². The van der Waals surface area contributed by atoms with Crippen LogP contribution in [0.5, 0.6) is 0 Å². The molecule has 0 spiro atoms.